The maximum atomic E-state index is 13.4. The Kier molecular flexibility index (Phi) is 6.18. The summed E-state index contributed by atoms with van der Waals surface area (Å²) in [4.78, 5) is 33.3. The summed E-state index contributed by atoms with van der Waals surface area (Å²) >= 11 is 0. The zero-order chi connectivity index (χ0) is 22.0. The SMILES string of the molecule is CCOCCC[n+]1c(N)c(C(=O)N2CCCCC2)cc2c(=O)n3cccc(C)c3nc21. The fourth-order valence-corrected chi connectivity index (χ4v) is 4.24. The molecule has 0 spiro atoms. The standard InChI is InChI=1S/C23H29N5O3/c1-3-31-14-8-13-27-19(24)17(22(29)26-10-5-4-6-11-26)15-18-21(27)25-20-16(2)9-7-12-28(20)23(18)30/h7,9,12,15,24H,3-6,8,10-11,13-14H2,1-2H3/p+1. The van der Waals surface area contributed by atoms with Crippen LogP contribution < -0.4 is 15.9 Å². The van der Waals surface area contributed by atoms with Gasteiger partial charge in [-0.3, -0.25) is 14.0 Å². The van der Waals surface area contributed by atoms with Crippen molar-refractivity contribution in [1.82, 2.24) is 14.3 Å². The molecule has 0 aliphatic carbocycles. The third-order valence-electron chi connectivity index (χ3n) is 5.92. The number of ether oxygens (including phenoxy) is 1. The van der Waals surface area contributed by atoms with Crippen molar-refractivity contribution in [2.24, 2.45) is 0 Å². The molecule has 0 saturated carbocycles. The van der Waals surface area contributed by atoms with E-state index in [1.807, 2.05) is 30.9 Å². The number of hydrogen-bond acceptors (Lipinski definition) is 5. The van der Waals surface area contributed by atoms with Gasteiger partial charge in [-0.1, -0.05) is 11.1 Å². The predicted octanol–water partition coefficient (Wildman–Crippen LogP) is 2.08. The average Bonchev–Trinajstić information content (AvgIpc) is 2.79. The molecule has 4 rings (SSSR count). The number of fused-ring (bicyclic) bond motifs is 2. The number of aryl methyl sites for hydroxylation is 2. The van der Waals surface area contributed by atoms with Gasteiger partial charge in [0.1, 0.15) is 10.9 Å². The molecular weight excluding hydrogens is 394 g/mol. The first-order valence-electron chi connectivity index (χ1n) is 11.0. The minimum absolute atomic E-state index is 0.119. The van der Waals surface area contributed by atoms with Gasteiger partial charge in [-0.2, -0.15) is 0 Å². The third kappa shape index (κ3) is 3.99. The Labute approximate surface area is 181 Å². The smallest absolute Gasteiger partial charge is 0.278 e. The largest absolute Gasteiger partial charge is 0.382 e. The normalized spacial score (nSPS) is 14.5. The van der Waals surface area contributed by atoms with E-state index in [2.05, 4.69) is 0 Å². The van der Waals surface area contributed by atoms with Gasteiger partial charge < -0.3 is 15.4 Å². The van der Waals surface area contributed by atoms with Crippen molar-refractivity contribution in [3.05, 3.63) is 45.9 Å². The molecule has 3 aromatic rings. The van der Waals surface area contributed by atoms with Crippen LogP contribution in [0.4, 0.5) is 5.82 Å². The van der Waals surface area contributed by atoms with Crippen LogP contribution in [0.3, 0.4) is 0 Å². The van der Waals surface area contributed by atoms with Gasteiger partial charge in [-0.15, -0.1) is 0 Å². The number of rotatable bonds is 6. The Morgan fingerprint density at radius 2 is 2.06 bits per heavy atom. The van der Waals surface area contributed by atoms with Crippen LogP contribution in [0.1, 0.15) is 48.5 Å². The van der Waals surface area contributed by atoms with Crippen LogP contribution in [0.15, 0.2) is 29.2 Å². The molecule has 4 heterocycles. The number of anilines is 1. The highest BCUT2D eigenvalue weighted by atomic mass is 16.5. The van der Waals surface area contributed by atoms with Crippen LogP contribution in [-0.2, 0) is 11.3 Å². The molecule has 3 aromatic heterocycles. The van der Waals surface area contributed by atoms with E-state index in [-0.39, 0.29) is 11.5 Å². The Balaban J connectivity index is 1.91. The van der Waals surface area contributed by atoms with Gasteiger partial charge in [0, 0.05) is 44.5 Å². The number of piperidine rings is 1. The van der Waals surface area contributed by atoms with Gasteiger partial charge in [-0.25, -0.2) is 4.57 Å². The number of nitrogen functional groups attached to an aromatic ring is 1. The predicted molar refractivity (Wildman–Crippen MR) is 119 cm³/mol. The summed E-state index contributed by atoms with van der Waals surface area (Å²) < 4.78 is 8.82. The Bertz CT molecular complexity index is 1180. The lowest BCUT2D eigenvalue weighted by atomic mass is 10.1. The van der Waals surface area contributed by atoms with Crippen LogP contribution in [-0.4, -0.2) is 46.5 Å². The van der Waals surface area contributed by atoms with Gasteiger partial charge in [0.05, 0.1) is 6.54 Å². The molecule has 1 saturated heterocycles. The van der Waals surface area contributed by atoms with Crippen molar-refractivity contribution in [1.29, 1.82) is 0 Å². The first-order valence-corrected chi connectivity index (χ1v) is 11.0. The first kappa shape index (κ1) is 21.2. The number of nitrogens with two attached hydrogens (primary N) is 1. The van der Waals surface area contributed by atoms with Crippen LogP contribution in [0.5, 0.6) is 0 Å². The second-order valence-corrected chi connectivity index (χ2v) is 8.04. The van der Waals surface area contributed by atoms with E-state index in [1.54, 1.807) is 16.8 Å². The van der Waals surface area contributed by atoms with E-state index in [0.717, 1.165) is 37.9 Å². The molecule has 1 amide bonds. The van der Waals surface area contributed by atoms with Crippen LogP contribution >= 0.6 is 0 Å². The molecule has 0 aromatic carbocycles. The number of pyridine rings is 2. The molecule has 1 aliphatic heterocycles. The number of aromatic nitrogens is 3. The molecule has 2 N–H and O–H groups in total. The number of amides is 1. The fraction of sp³-hybridized carbons (Fsp3) is 0.478. The van der Waals surface area contributed by atoms with Crippen LogP contribution in [0, 0.1) is 6.92 Å². The lowest BCUT2D eigenvalue weighted by molar-refractivity contribution is -0.659. The van der Waals surface area contributed by atoms with E-state index in [9.17, 15) is 9.59 Å². The van der Waals surface area contributed by atoms with E-state index < -0.39 is 0 Å². The third-order valence-corrected chi connectivity index (χ3v) is 5.92. The maximum Gasteiger partial charge on any atom is 0.278 e. The molecule has 0 bridgehead atoms. The monoisotopic (exact) mass is 424 g/mol. The van der Waals surface area contributed by atoms with Crippen molar-refractivity contribution < 1.29 is 14.1 Å². The number of carbonyl (C=O) groups excluding carboxylic acids is 1. The summed E-state index contributed by atoms with van der Waals surface area (Å²) in [5, 5.41) is 0.397. The Hall–Kier alpha value is -3.00. The summed E-state index contributed by atoms with van der Waals surface area (Å²) in [5.74, 6) is 0.232. The molecular formula is C23H30N5O3+. The zero-order valence-corrected chi connectivity index (χ0v) is 18.3. The van der Waals surface area contributed by atoms with E-state index in [1.165, 1.54) is 4.40 Å². The lowest BCUT2D eigenvalue weighted by Crippen LogP contribution is -2.44. The molecule has 1 fully saturated rings. The summed E-state index contributed by atoms with van der Waals surface area (Å²) in [6, 6.07) is 5.37. The molecule has 8 heteroatoms. The van der Waals surface area contributed by atoms with Crippen molar-refractivity contribution in [3.63, 3.8) is 0 Å². The zero-order valence-electron chi connectivity index (χ0n) is 18.3. The molecule has 0 radical (unpaired) electrons. The highest BCUT2D eigenvalue weighted by Crippen LogP contribution is 2.20. The molecule has 1 aliphatic rings. The van der Waals surface area contributed by atoms with E-state index in [0.29, 0.717) is 54.2 Å². The van der Waals surface area contributed by atoms with Gasteiger partial charge in [-0.05, 0) is 45.2 Å². The quantitative estimate of drug-likeness (QED) is 0.371. The second-order valence-electron chi connectivity index (χ2n) is 8.04. The molecule has 31 heavy (non-hydrogen) atoms. The lowest BCUT2D eigenvalue weighted by Gasteiger charge is -2.27. The van der Waals surface area contributed by atoms with Gasteiger partial charge in [0.2, 0.25) is 11.5 Å². The van der Waals surface area contributed by atoms with Crippen LogP contribution in [0.2, 0.25) is 0 Å². The van der Waals surface area contributed by atoms with Crippen molar-refractivity contribution in [2.75, 3.05) is 32.0 Å². The summed E-state index contributed by atoms with van der Waals surface area (Å²) in [6.45, 7) is 7.02. The summed E-state index contributed by atoms with van der Waals surface area (Å²) in [5.41, 5.74) is 8.69. The second kappa shape index (κ2) is 9.01. The Morgan fingerprint density at radius 1 is 1.29 bits per heavy atom. The number of likely N-dealkylation sites (tertiary alicyclic amines) is 1. The highest BCUT2D eigenvalue weighted by Gasteiger charge is 2.28. The van der Waals surface area contributed by atoms with Gasteiger partial charge >= 0.3 is 0 Å². The maximum absolute atomic E-state index is 13.4. The summed E-state index contributed by atoms with van der Waals surface area (Å²) in [6.07, 6.45) is 5.52. The van der Waals surface area contributed by atoms with E-state index in [4.69, 9.17) is 15.5 Å². The summed E-state index contributed by atoms with van der Waals surface area (Å²) in [7, 11) is 0. The van der Waals surface area contributed by atoms with Gasteiger partial charge in [0.25, 0.3) is 17.1 Å². The molecule has 0 unspecified atom stereocenters. The minimum Gasteiger partial charge on any atom is -0.382 e. The van der Waals surface area contributed by atoms with Crippen LogP contribution in [0.25, 0.3) is 16.7 Å². The Morgan fingerprint density at radius 3 is 2.81 bits per heavy atom. The highest BCUT2D eigenvalue weighted by molar-refractivity contribution is 6.00. The molecule has 0 atom stereocenters. The molecule has 164 valence electrons. The topological polar surface area (TPSA) is 93.8 Å². The fourth-order valence-electron chi connectivity index (χ4n) is 4.24. The van der Waals surface area contributed by atoms with Crippen molar-refractivity contribution >= 4 is 28.4 Å². The number of nitrogens with zero attached hydrogens (tertiary/aromatic N) is 4. The average molecular weight is 425 g/mol. The van der Waals surface area contributed by atoms with E-state index >= 15 is 0 Å². The van der Waals surface area contributed by atoms with Gasteiger partial charge in [0.15, 0.2) is 0 Å². The van der Waals surface area contributed by atoms with Crippen molar-refractivity contribution in [3.8, 4) is 0 Å². The first-order chi connectivity index (χ1) is 15.0. The number of hydrogen-bond donors (Lipinski definition) is 1. The molecule has 8 nitrogen and oxygen atoms in total. The number of carbonyl (C=O) groups is 1. The minimum atomic E-state index is -0.199. The van der Waals surface area contributed by atoms with Crippen molar-refractivity contribution in [2.45, 2.75) is 46.1 Å².